The number of rotatable bonds is 6. The summed E-state index contributed by atoms with van der Waals surface area (Å²) >= 11 is 0. The number of hydrazone groups is 1. The summed E-state index contributed by atoms with van der Waals surface area (Å²) in [7, 11) is 0. The first-order valence-electron chi connectivity index (χ1n) is 10.7. The van der Waals surface area contributed by atoms with E-state index in [2.05, 4.69) is 22.6 Å². The predicted molar refractivity (Wildman–Crippen MR) is 119 cm³/mol. The topological polar surface area (TPSA) is 88.1 Å². The number of carbonyl (C=O) groups excluding carboxylic acids is 3. The van der Waals surface area contributed by atoms with Gasteiger partial charge in [0.25, 0.3) is 17.7 Å². The quantitative estimate of drug-likeness (QED) is 0.434. The van der Waals surface area contributed by atoms with Gasteiger partial charge in [0.1, 0.15) is 5.75 Å². The fraction of sp³-hybridized carbons (Fsp3) is 0.280. The zero-order chi connectivity index (χ0) is 22.2. The van der Waals surface area contributed by atoms with Crippen molar-refractivity contribution in [3.8, 4) is 5.75 Å². The predicted octanol–water partition coefficient (Wildman–Crippen LogP) is 3.15. The average Bonchev–Trinajstić information content (AvgIpc) is 3.48. The van der Waals surface area contributed by atoms with Crippen LogP contribution in [-0.4, -0.2) is 35.6 Å². The van der Waals surface area contributed by atoms with E-state index in [0.717, 1.165) is 28.2 Å². The van der Waals surface area contributed by atoms with Crippen molar-refractivity contribution in [3.63, 3.8) is 0 Å². The van der Waals surface area contributed by atoms with Gasteiger partial charge in [-0.3, -0.25) is 14.4 Å². The van der Waals surface area contributed by atoms with Crippen LogP contribution in [0.2, 0.25) is 0 Å². The smallest absolute Gasteiger partial charge is 0.262 e. The maximum atomic E-state index is 12.7. The number of anilines is 1. The summed E-state index contributed by atoms with van der Waals surface area (Å²) in [5.74, 6) is -0.285. The molecule has 1 heterocycles. The van der Waals surface area contributed by atoms with E-state index in [9.17, 15) is 14.4 Å². The summed E-state index contributed by atoms with van der Waals surface area (Å²) < 4.78 is 5.55. The summed E-state index contributed by atoms with van der Waals surface area (Å²) in [6.45, 7) is 1.81. The molecule has 2 aliphatic carbocycles. The van der Waals surface area contributed by atoms with E-state index in [1.54, 1.807) is 24.3 Å². The van der Waals surface area contributed by atoms with Crippen LogP contribution in [0.4, 0.5) is 5.69 Å². The first kappa shape index (κ1) is 20.2. The Kier molecular flexibility index (Phi) is 5.09. The summed E-state index contributed by atoms with van der Waals surface area (Å²) in [5, 5.41) is 8.02. The van der Waals surface area contributed by atoms with Gasteiger partial charge < -0.3 is 10.1 Å². The van der Waals surface area contributed by atoms with Gasteiger partial charge in [-0.15, -0.1) is 0 Å². The van der Waals surface area contributed by atoms with E-state index in [-0.39, 0.29) is 48.0 Å². The third kappa shape index (κ3) is 3.60. The molecule has 3 amide bonds. The summed E-state index contributed by atoms with van der Waals surface area (Å²) in [6, 6.07) is 14.5. The Morgan fingerprint density at radius 3 is 2.38 bits per heavy atom. The van der Waals surface area contributed by atoms with Gasteiger partial charge in [0.2, 0.25) is 0 Å². The molecule has 2 fully saturated rings. The summed E-state index contributed by atoms with van der Waals surface area (Å²) in [4.78, 5) is 37.4. The van der Waals surface area contributed by atoms with Crippen LogP contribution in [0.5, 0.6) is 5.75 Å². The highest BCUT2D eigenvalue weighted by Crippen LogP contribution is 2.52. The minimum absolute atomic E-state index is 0.113. The SMILES string of the molecule is Cc1ccccc1NC(=O)COc1ccc(C=NN2C(=O)C3C4C=CC(C4)C3C2=O)cc1. The van der Waals surface area contributed by atoms with E-state index >= 15 is 0 Å². The Morgan fingerprint density at radius 2 is 1.72 bits per heavy atom. The van der Waals surface area contributed by atoms with Crippen LogP contribution in [0, 0.1) is 30.6 Å². The van der Waals surface area contributed by atoms with Crippen LogP contribution in [0.25, 0.3) is 0 Å². The number of benzene rings is 2. The van der Waals surface area contributed by atoms with Crippen LogP contribution in [-0.2, 0) is 14.4 Å². The van der Waals surface area contributed by atoms with Crippen molar-refractivity contribution in [2.24, 2.45) is 28.8 Å². The molecule has 3 aliphatic rings. The molecule has 5 rings (SSSR count). The zero-order valence-corrected chi connectivity index (χ0v) is 17.6. The zero-order valence-electron chi connectivity index (χ0n) is 17.6. The number of aryl methyl sites for hydroxylation is 1. The third-order valence-corrected chi connectivity index (χ3v) is 6.44. The number of amides is 3. The first-order chi connectivity index (χ1) is 15.5. The lowest BCUT2D eigenvalue weighted by Gasteiger charge is -2.13. The maximum Gasteiger partial charge on any atom is 0.262 e. The molecule has 162 valence electrons. The van der Waals surface area contributed by atoms with Gasteiger partial charge in [-0.05, 0) is 66.6 Å². The van der Waals surface area contributed by atoms with Crippen LogP contribution in [0.15, 0.2) is 65.8 Å². The Balaban J connectivity index is 1.16. The highest BCUT2D eigenvalue weighted by Gasteiger charge is 2.59. The Bertz CT molecular complexity index is 1110. The lowest BCUT2D eigenvalue weighted by Crippen LogP contribution is -2.28. The van der Waals surface area contributed by atoms with E-state index in [1.165, 1.54) is 6.21 Å². The lowest BCUT2D eigenvalue weighted by atomic mass is 9.85. The van der Waals surface area contributed by atoms with Crippen LogP contribution in [0.3, 0.4) is 0 Å². The molecule has 0 radical (unpaired) electrons. The number of imide groups is 1. The Hall–Kier alpha value is -3.74. The largest absolute Gasteiger partial charge is 0.484 e. The number of para-hydroxylation sites is 1. The number of nitrogens with one attached hydrogen (secondary N) is 1. The van der Waals surface area contributed by atoms with E-state index in [1.807, 2.05) is 31.2 Å². The number of hydrogen-bond acceptors (Lipinski definition) is 5. The Labute approximate surface area is 185 Å². The molecule has 32 heavy (non-hydrogen) atoms. The molecule has 7 heteroatoms. The third-order valence-electron chi connectivity index (χ3n) is 6.44. The molecular weight excluding hydrogens is 406 g/mol. The number of ether oxygens (including phenoxy) is 1. The highest BCUT2D eigenvalue weighted by molar-refractivity contribution is 6.06. The number of allylic oxidation sites excluding steroid dienone is 2. The van der Waals surface area contributed by atoms with E-state index in [0.29, 0.717) is 5.75 Å². The lowest BCUT2D eigenvalue weighted by molar-refractivity contribution is -0.140. The summed E-state index contributed by atoms with van der Waals surface area (Å²) in [6.07, 6.45) is 6.52. The van der Waals surface area contributed by atoms with E-state index in [4.69, 9.17) is 4.74 Å². The number of nitrogens with zero attached hydrogens (tertiary/aromatic N) is 2. The van der Waals surface area contributed by atoms with Gasteiger partial charge in [0, 0.05) is 5.69 Å². The second kappa shape index (κ2) is 8.07. The van der Waals surface area contributed by atoms with Gasteiger partial charge in [-0.25, -0.2) is 0 Å². The minimum atomic E-state index is -0.253. The fourth-order valence-electron chi connectivity index (χ4n) is 4.82. The molecule has 2 aromatic rings. The van der Waals surface area contributed by atoms with Crippen molar-refractivity contribution >= 4 is 29.6 Å². The van der Waals surface area contributed by atoms with Crippen molar-refractivity contribution in [2.45, 2.75) is 13.3 Å². The minimum Gasteiger partial charge on any atom is -0.484 e. The Morgan fingerprint density at radius 1 is 1.06 bits per heavy atom. The standard InChI is InChI=1S/C25H23N3O4/c1-15-4-2-3-5-20(15)27-21(29)14-32-19-10-6-16(7-11-19)13-26-28-24(30)22-17-8-9-18(12-17)23(22)25(28)31/h2-11,13,17-18,22-23H,12,14H2,1H3,(H,27,29). The molecule has 2 bridgehead atoms. The fourth-order valence-corrected chi connectivity index (χ4v) is 4.82. The molecule has 1 saturated heterocycles. The van der Waals surface area contributed by atoms with Gasteiger partial charge in [-0.1, -0.05) is 30.4 Å². The highest BCUT2D eigenvalue weighted by atomic mass is 16.5. The van der Waals surface area contributed by atoms with Crippen LogP contribution >= 0.6 is 0 Å². The second-order valence-electron chi connectivity index (χ2n) is 8.45. The van der Waals surface area contributed by atoms with Gasteiger partial charge in [0.15, 0.2) is 6.61 Å². The van der Waals surface area contributed by atoms with Crippen molar-refractivity contribution in [1.29, 1.82) is 0 Å². The molecule has 7 nitrogen and oxygen atoms in total. The van der Waals surface area contributed by atoms with Crippen molar-refractivity contribution in [3.05, 3.63) is 71.8 Å². The number of hydrogen-bond donors (Lipinski definition) is 1. The molecule has 4 atom stereocenters. The van der Waals surface area contributed by atoms with Gasteiger partial charge in [0.05, 0.1) is 18.1 Å². The normalized spacial score (nSPS) is 25.6. The van der Waals surface area contributed by atoms with Crippen LogP contribution in [0.1, 0.15) is 17.5 Å². The average molecular weight is 429 g/mol. The molecular formula is C25H23N3O4. The van der Waals surface area contributed by atoms with E-state index < -0.39 is 0 Å². The van der Waals surface area contributed by atoms with Crippen LogP contribution < -0.4 is 10.1 Å². The van der Waals surface area contributed by atoms with Crippen molar-refractivity contribution in [2.75, 3.05) is 11.9 Å². The number of carbonyl (C=O) groups is 3. The monoisotopic (exact) mass is 429 g/mol. The molecule has 1 aliphatic heterocycles. The summed E-state index contributed by atoms with van der Waals surface area (Å²) in [5.41, 5.74) is 2.46. The second-order valence-corrected chi connectivity index (χ2v) is 8.45. The van der Waals surface area contributed by atoms with Gasteiger partial charge in [-0.2, -0.15) is 10.1 Å². The van der Waals surface area contributed by atoms with Crippen molar-refractivity contribution < 1.29 is 19.1 Å². The molecule has 2 aromatic carbocycles. The van der Waals surface area contributed by atoms with Gasteiger partial charge >= 0.3 is 0 Å². The maximum absolute atomic E-state index is 12.7. The molecule has 1 N–H and O–H groups in total. The molecule has 0 aromatic heterocycles. The first-order valence-corrected chi connectivity index (χ1v) is 10.7. The number of fused-ring (bicyclic) bond motifs is 5. The molecule has 1 saturated carbocycles. The van der Waals surface area contributed by atoms with Crippen molar-refractivity contribution in [1.82, 2.24) is 5.01 Å². The molecule has 0 spiro atoms. The molecule has 4 unspecified atom stereocenters.